The summed E-state index contributed by atoms with van der Waals surface area (Å²) in [5.74, 6) is -5.53. The van der Waals surface area contributed by atoms with Gasteiger partial charge in [-0.15, -0.1) is 0 Å². The van der Waals surface area contributed by atoms with Crippen LogP contribution in [0.2, 0.25) is 5.02 Å². The van der Waals surface area contributed by atoms with Crippen molar-refractivity contribution in [3.63, 3.8) is 0 Å². The van der Waals surface area contributed by atoms with Crippen molar-refractivity contribution in [2.24, 2.45) is 5.92 Å². The van der Waals surface area contributed by atoms with Crippen LogP contribution < -0.4 is 5.32 Å². The molecule has 0 aliphatic heterocycles. The third kappa shape index (κ3) is 5.97. The molecule has 158 valence electrons. The van der Waals surface area contributed by atoms with Crippen molar-refractivity contribution in [1.29, 1.82) is 5.26 Å². The van der Waals surface area contributed by atoms with E-state index in [1.165, 1.54) is 42.5 Å². The number of carboxylic acids is 1. The Morgan fingerprint density at radius 3 is 2.37 bits per heavy atom. The first-order chi connectivity index (χ1) is 14.0. The number of aliphatic carboxylic acids is 1. The van der Waals surface area contributed by atoms with Crippen LogP contribution >= 0.6 is 11.6 Å². The molecule has 0 aromatic heterocycles. The quantitative estimate of drug-likeness (QED) is 0.625. The normalized spacial score (nSPS) is 13.2. The van der Waals surface area contributed by atoms with Crippen LogP contribution in [0.25, 0.3) is 0 Å². The number of nitrogens with one attached hydrogen (secondary N) is 1. The molecule has 0 unspecified atom stereocenters. The molecule has 2 aromatic rings. The van der Waals surface area contributed by atoms with Gasteiger partial charge in [0.05, 0.1) is 23.1 Å². The molecule has 0 aliphatic carbocycles. The molecule has 30 heavy (non-hydrogen) atoms. The van der Waals surface area contributed by atoms with E-state index in [0.717, 1.165) is 6.92 Å². The number of hydrogen-bond acceptors (Lipinski definition) is 3. The van der Waals surface area contributed by atoms with Crippen molar-refractivity contribution < 1.29 is 27.9 Å². The van der Waals surface area contributed by atoms with Crippen molar-refractivity contribution in [2.45, 2.75) is 31.9 Å². The molecule has 0 aliphatic rings. The highest BCUT2D eigenvalue weighted by atomic mass is 35.5. The maximum atomic E-state index is 13.4. The van der Waals surface area contributed by atoms with E-state index in [-0.39, 0.29) is 29.7 Å². The largest absolute Gasteiger partial charge is 0.481 e. The van der Waals surface area contributed by atoms with Crippen molar-refractivity contribution in [3.8, 4) is 6.07 Å². The van der Waals surface area contributed by atoms with Gasteiger partial charge in [0.15, 0.2) is 0 Å². The van der Waals surface area contributed by atoms with Crippen molar-refractivity contribution in [1.82, 2.24) is 0 Å². The van der Waals surface area contributed by atoms with Crippen LogP contribution in [0.3, 0.4) is 0 Å². The number of anilines is 1. The minimum Gasteiger partial charge on any atom is -0.481 e. The second-order valence-electron chi connectivity index (χ2n) is 6.73. The molecule has 2 aromatic carbocycles. The number of rotatable bonds is 7. The van der Waals surface area contributed by atoms with E-state index < -0.39 is 29.9 Å². The maximum Gasteiger partial charge on any atom is 0.392 e. The minimum absolute atomic E-state index is 0.0266. The summed E-state index contributed by atoms with van der Waals surface area (Å²) in [5, 5.41) is 20.8. The molecule has 9 heteroatoms. The average molecular weight is 439 g/mol. The lowest BCUT2D eigenvalue weighted by molar-refractivity contribution is -0.178. The van der Waals surface area contributed by atoms with E-state index in [4.69, 9.17) is 16.7 Å². The van der Waals surface area contributed by atoms with Gasteiger partial charge in [-0.1, -0.05) is 36.7 Å². The molecule has 2 atom stereocenters. The molecule has 2 N–H and O–H groups in total. The zero-order chi connectivity index (χ0) is 22.5. The number of nitriles is 1. The standard InChI is InChI=1S/C21H18ClF3N2O3/c1-12(21(23,24)25)19(14-5-7-16(22)8-6-14)20(30)27-17-10-13(3-9-18(28)29)2-4-15(17)11-26/h2,4-8,10,12,19H,3,9H2,1H3,(H,27,30)(H,28,29)/t12-,19+/m1/s1. The van der Waals surface area contributed by atoms with Gasteiger partial charge in [-0.25, -0.2) is 0 Å². The molecule has 0 heterocycles. The van der Waals surface area contributed by atoms with Gasteiger partial charge in [0, 0.05) is 11.4 Å². The van der Waals surface area contributed by atoms with Gasteiger partial charge >= 0.3 is 12.1 Å². The second-order valence-corrected chi connectivity index (χ2v) is 7.17. The van der Waals surface area contributed by atoms with Crippen molar-refractivity contribution in [3.05, 3.63) is 64.2 Å². The first-order valence-corrected chi connectivity index (χ1v) is 9.28. The monoisotopic (exact) mass is 438 g/mol. The van der Waals surface area contributed by atoms with E-state index in [9.17, 15) is 28.0 Å². The van der Waals surface area contributed by atoms with Gasteiger partial charge in [-0.2, -0.15) is 18.4 Å². The summed E-state index contributed by atoms with van der Waals surface area (Å²) < 4.78 is 40.3. The first kappa shape index (κ1) is 23.2. The summed E-state index contributed by atoms with van der Waals surface area (Å²) in [6, 6.07) is 11.7. The van der Waals surface area contributed by atoms with Crippen molar-refractivity contribution in [2.75, 3.05) is 5.32 Å². The highest BCUT2D eigenvalue weighted by molar-refractivity contribution is 6.30. The smallest absolute Gasteiger partial charge is 0.392 e. The van der Waals surface area contributed by atoms with Crippen LogP contribution in [0.15, 0.2) is 42.5 Å². The van der Waals surface area contributed by atoms with Gasteiger partial charge in [0.2, 0.25) is 5.91 Å². The molecule has 1 amide bonds. The van der Waals surface area contributed by atoms with Crippen LogP contribution in [0.4, 0.5) is 18.9 Å². The Morgan fingerprint density at radius 2 is 1.83 bits per heavy atom. The topological polar surface area (TPSA) is 90.2 Å². The fourth-order valence-corrected chi connectivity index (χ4v) is 3.06. The number of halogens is 4. The van der Waals surface area contributed by atoms with Gasteiger partial charge in [-0.3, -0.25) is 9.59 Å². The minimum atomic E-state index is -4.64. The zero-order valence-corrected chi connectivity index (χ0v) is 16.6. The number of nitrogens with zero attached hydrogens (tertiary/aromatic N) is 1. The Hall–Kier alpha value is -3.05. The number of carbonyl (C=O) groups excluding carboxylic acids is 1. The molecular formula is C21H18ClF3N2O3. The third-order valence-electron chi connectivity index (χ3n) is 4.62. The van der Waals surface area contributed by atoms with Gasteiger partial charge in [-0.05, 0) is 41.8 Å². The summed E-state index contributed by atoms with van der Waals surface area (Å²) in [4.78, 5) is 23.6. The van der Waals surface area contributed by atoms with Crippen LogP contribution in [0.1, 0.15) is 36.0 Å². The van der Waals surface area contributed by atoms with Crippen LogP contribution in [0.5, 0.6) is 0 Å². The second kappa shape index (κ2) is 9.63. The van der Waals surface area contributed by atoms with Crippen molar-refractivity contribution >= 4 is 29.2 Å². The fourth-order valence-electron chi connectivity index (χ4n) is 2.94. The third-order valence-corrected chi connectivity index (χ3v) is 4.87. The number of hydrogen-bond donors (Lipinski definition) is 2. The van der Waals surface area contributed by atoms with E-state index in [2.05, 4.69) is 5.32 Å². The molecule has 2 rings (SSSR count). The molecule has 5 nitrogen and oxygen atoms in total. The molecule has 0 bridgehead atoms. The summed E-state index contributed by atoms with van der Waals surface area (Å²) in [6.45, 7) is 0.910. The number of carbonyl (C=O) groups is 2. The lowest BCUT2D eigenvalue weighted by Gasteiger charge is -2.26. The Balaban J connectivity index is 2.39. The first-order valence-electron chi connectivity index (χ1n) is 8.90. The number of carboxylic acid groups (broad SMARTS) is 1. The van der Waals surface area contributed by atoms with E-state index in [1.54, 1.807) is 0 Å². The highest BCUT2D eigenvalue weighted by Crippen LogP contribution is 2.38. The van der Waals surface area contributed by atoms with Crippen LogP contribution in [-0.4, -0.2) is 23.2 Å². The number of amides is 1. The predicted octanol–water partition coefficient (Wildman–Crippen LogP) is 5.15. The number of benzene rings is 2. The molecular weight excluding hydrogens is 421 g/mol. The SMILES string of the molecule is C[C@H]([C@H](C(=O)Nc1cc(CCC(=O)O)ccc1C#N)c1ccc(Cl)cc1)C(F)(F)F. The Labute approximate surface area is 176 Å². The maximum absolute atomic E-state index is 13.4. The van der Waals surface area contributed by atoms with Crippen LogP contribution in [0, 0.1) is 17.2 Å². The van der Waals surface area contributed by atoms with E-state index >= 15 is 0 Å². The number of alkyl halides is 3. The summed E-state index contributed by atoms with van der Waals surface area (Å²) in [7, 11) is 0. The molecule has 0 spiro atoms. The molecule has 0 fully saturated rings. The van der Waals surface area contributed by atoms with Gasteiger partial charge in [0.1, 0.15) is 6.07 Å². The Bertz CT molecular complexity index is 969. The highest BCUT2D eigenvalue weighted by Gasteiger charge is 2.45. The van der Waals surface area contributed by atoms with Crippen LogP contribution in [-0.2, 0) is 16.0 Å². The lowest BCUT2D eigenvalue weighted by atomic mass is 9.85. The summed E-state index contributed by atoms with van der Waals surface area (Å²) >= 11 is 5.80. The summed E-state index contributed by atoms with van der Waals surface area (Å²) in [6.07, 6.45) is -4.66. The average Bonchev–Trinajstić information content (AvgIpc) is 2.67. The lowest BCUT2D eigenvalue weighted by Crippen LogP contribution is -2.34. The molecule has 0 saturated heterocycles. The fraction of sp³-hybridized carbons (Fsp3) is 0.286. The zero-order valence-electron chi connectivity index (χ0n) is 15.8. The molecule has 0 saturated carbocycles. The molecule has 0 radical (unpaired) electrons. The van der Waals surface area contributed by atoms with Gasteiger partial charge in [0.25, 0.3) is 0 Å². The van der Waals surface area contributed by atoms with E-state index in [0.29, 0.717) is 10.6 Å². The Morgan fingerprint density at radius 1 is 1.20 bits per heavy atom. The van der Waals surface area contributed by atoms with E-state index in [1.807, 2.05) is 6.07 Å². The number of aryl methyl sites for hydroxylation is 1. The van der Waals surface area contributed by atoms with Gasteiger partial charge < -0.3 is 10.4 Å². The predicted molar refractivity (Wildman–Crippen MR) is 105 cm³/mol. The Kier molecular flexibility index (Phi) is 7.46. The summed E-state index contributed by atoms with van der Waals surface area (Å²) in [5.41, 5.74) is 0.733.